The first-order valence-corrected chi connectivity index (χ1v) is 9.19. The van der Waals surface area contributed by atoms with Crippen molar-refractivity contribution in [2.24, 2.45) is 0 Å². The van der Waals surface area contributed by atoms with Crippen molar-refractivity contribution in [2.45, 2.75) is 6.92 Å². The lowest BCUT2D eigenvalue weighted by Crippen LogP contribution is -1.85. The second-order valence-corrected chi connectivity index (χ2v) is 6.86. The highest BCUT2D eigenvalue weighted by Gasteiger charge is 2.08. The van der Waals surface area contributed by atoms with Crippen LogP contribution < -0.4 is 0 Å². The summed E-state index contributed by atoms with van der Waals surface area (Å²) in [5, 5.41) is 0.954. The Kier molecular flexibility index (Phi) is 5.09. The Morgan fingerprint density at radius 1 is 0.724 bits per heavy atom. The van der Waals surface area contributed by atoms with E-state index in [1.807, 2.05) is 37.3 Å². The summed E-state index contributed by atoms with van der Waals surface area (Å²) in [6, 6.07) is 16.3. The number of benzene rings is 3. The van der Waals surface area contributed by atoms with Crippen LogP contribution in [-0.4, -0.2) is 4.98 Å². The second-order valence-electron chi connectivity index (χ2n) is 6.86. The van der Waals surface area contributed by atoms with Crippen LogP contribution >= 0.6 is 0 Å². The molecule has 0 spiro atoms. The molecule has 0 radical (unpaired) electrons. The first-order valence-electron chi connectivity index (χ1n) is 9.19. The second kappa shape index (κ2) is 7.84. The molecule has 29 heavy (non-hydrogen) atoms. The number of aromatic nitrogens is 1. The van der Waals surface area contributed by atoms with E-state index in [4.69, 9.17) is 0 Å². The molecular weight excluding hydrogens is 371 g/mol. The first kappa shape index (κ1) is 18.8. The minimum absolute atomic E-state index is 0.288. The first-order chi connectivity index (χ1) is 14.0. The Morgan fingerprint density at radius 3 is 2.17 bits per heavy atom. The number of H-pyrrole nitrogens is 1. The van der Waals surface area contributed by atoms with Crippen molar-refractivity contribution < 1.29 is 13.2 Å². The van der Waals surface area contributed by atoms with Crippen molar-refractivity contribution in [3.05, 3.63) is 106 Å². The van der Waals surface area contributed by atoms with Crippen LogP contribution in [0.1, 0.15) is 27.9 Å². The largest absolute Gasteiger partial charge is 0.355 e. The summed E-state index contributed by atoms with van der Waals surface area (Å²) in [5.41, 5.74) is 4.15. The molecule has 144 valence electrons. The summed E-state index contributed by atoms with van der Waals surface area (Å²) < 4.78 is 41.3. The maximum Gasteiger partial charge on any atom is 0.133 e. The zero-order chi connectivity index (χ0) is 20.4. The fourth-order valence-corrected chi connectivity index (χ4v) is 3.25. The van der Waals surface area contributed by atoms with Gasteiger partial charge in [0.1, 0.15) is 17.5 Å². The Labute approximate surface area is 166 Å². The third kappa shape index (κ3) is 4.02. The highest BCUT2D eigenvalue weighted by Crippen LogP contribution is 2.27. The van der Waals surface area contributed by atoms with Crippen LogP contribution in [0.15, 0.2) is 60.7 Å². The maximum atomic E-state index is 14.2. The number of aromatic amines is 1. The van der Waals surface area contributed by atoms with Crippen molar-refractivity contribution in [1.82, 2.24) is 4.98 Å². The molecule has 1 heterocycles. The Balaban J connectivity index is 1.76. The summed E-state index contributed by atoms with van der Waals surface area (Å²) in [6.07, 6.45) is 6.89. The van der Waals surface area contributed by atoms with E-state index in [1.54, 1.807) is 30.4 Å². The van der Waals surface area contributed by atoms with Crippen molar-refractivity contribution in [2.75, 3.05) is 0 Å². The zero-order valence-electron chi connectivity index (χ0n) is 15.7. The molecule has 0 atom stereocenters. The van der Waals surface area contributed by atoms with E-state index in [1.165, 1.54) is 18.2 Å². The SMILES string of the molecule is Cc1ccc(/C=C/c2[nH]c3ccccc3c2/C=C/c2ccc(F)cc2F)c(F)c1. The molecule has 0 aliphatic rings. The maximum absolute atomic E-state index is 14.2. The lowest BCUT2D eigenvalue weighted by Gasteiger charge is -2.00. The molecule has 0 aliphatic carbocycles. The van der Waals surface area contributed by atoms with Gasteiger partial charge in [0, 0.05) is 39.4 Å². The van der Waals surface area contributed by atoms with Gasteiger partial charge in [-0.2, -0.15) is 0 Å². The van der Waals surface area contributed by atoms with E-state index < -0.39 is 11.6 Å². The smallest absolute Gasteiger partial charge is 0.133 e. The molecule has 1 nitrogen and oxygen atoms in total. The molecule has 0 saturated heterocycles. The van der Waals surface area contributed by atoms with Gasteiger partial charge in [0.05, 0.1) is 0 Å². The molecule has 3 aromatic carbocycles. The molecule has 0 saturated carbocycles. The molecule has 0 aliphatic heterocycles. The van der Waals surface area contributed by atoms with Crippen LogP contribution in [0.25, 0.3) is 35.2 Å². The Bertz CT molecular complexity index is 1250. The van der Waals surface area contributed by atoms with E-state index in [9.17, 15) is 13.2 Å². The fraction of sp³-hybridized carbons (Fsp3) is 0.0400. The van der Waals surface area contributed by atoms with Crippen LogP contribution in [0, 0.1) is 24.4 Å². The lowest BCUT2D eigenvalue weighted by molar-refractivity contribution is 0.581. The number of hydrogen-bond acceptors (Lipinski definition) is 0. The normalized spacial score (nSPS) is 11.9. The summed E-state index contributed by atoms with van der Waals surface area (Å²) >= 11 is 0. The molecular formula is C25H18F3N. The topological polar surface area (TPSA) is 15.8 Å². The number of aryl methyl sites for hydroxylation is 1. The number of nitrogens with one attached hydrogen (secondary N) is 1. The molecule has 0 bridgehead atoms. The molecule has 1 aromatic heterocycles. The van der Waals surface area contributed by atoms with Gasteiger partial charge in [0.25, 0.3) is 0 Å². The molecule has 4 aromatic rings. The number of halogens is 3. The van der Waals surface area contributed by atoms with Crippen LogP contribution in [0.4, 0.5) is 13.2 Å². The highest BCUT2D eigenvalue weighted by atomic mass is 19.1. The minimum Gasteiger partial charge on any atom is -0.355 e. The van der Waals surface area contributed by atoms with Gasteiger partial charge in [-0.15, -0.1) is 0 Å². The van der Waals surface area contributed by atoms with Gasteiger partial charge in [-0.1, -0.05) is 42.5 Å². The van der Waals surface area contributed by atoms with Crippen molar-refractivity contribution >= 4 is 35.2 Å². The Morgan fingerprint density at radius 2 is 1.41 bits per heavy atom. The highest BCUT2D eigenvalue weighted by molar-refractivity contribution is 5.96. The summed E-state index contributed by atoms with van der Waals surface area (Å²) in [6.45, 7) is 1.84. The van der Waals surface area contributed by atoms with Crippen molar-refractivity contribution in [1.29, 1.82) is 0 Å². The molecule has 4 heteroatoms. The average molecular weight is 389 g/mol. The van der Waals surface area contributed by atoms with Gasteiger partial charge >= 0.3 is 0 Å². The number of para-hydroxylation sites is 1. The van der Waals surface area contributed by atoms with Crippen molar-refractivity contribution in [3.63, 3.8) is 0 Å². The quantitative estimate of drug-likeness (QED) is 0.379. The monoisotopic (exact) mass is 389 g/mol. The predicted molar refractivity (Wildman–Crippen MR) is 114 cm³/mol. The number of hydrogen-bond donors (Lipinski definition) is 1. The van der Waals surface area contributed by atoms with Gasteiger partial charge < -0.3 is 4.98 Å². The van der Waals surface area contributed by atoms with E-state index in [0.29, 0.717) is 5.56 Å². The standard InChI is InChI=1S/C25H18F3N/c1-16-6-7-17(22(27)14-16)10-13-25-21(20-4-2-3-5-24(20)29-25)12-9-18-8-11-19(26)15-23(18)28/h2-15,29H,1H3/b12-9+,13-10+. The van der Waals surface area contributed by atoms with E-state index in [0.717, 1.165) is 33.8 Å². The van der Waals surface area contributed by atoms with Gasteiger partial charge in [-0.25, -0.2) is 13.2 Å². The van der Waals surface area contributed by atoms with Crippen LogP contribution in [0.2, 0.25) is 0 Å². The van der Waals surface area contributed by atoms with Crippen LogP contribution in [-0.2, 0) is 0 Å². The molecule has 0 unspecified atom stereocenters. The van der Waals surface area contributed by atoms with Crippen molar-refractivity contribution in [3.8, 4) is 0 Å². The third-order valence-corrected chi connectivity index (χ3v) is 4.75. The van der Waals surface area contributed by atoms with Gasteiger partial charge in [-0.05, 0) is 48.9 Å². The van der Waals surface area contributed by atoms with Gasteiger partial charge in [0.15, 0.2) is 0 Å². The van der Waals surface area contributed by atoms with Gasteiger partial charge in [-0.3, -0.25) is 0 Å². The van der Waals surface area contributed by atoms with E-state index in [2.05, 4.69) is 4.98 Å². The van der Waals surface area contributed by atoms with Gasteiger partial charge in [0.2, 0.25) is 0 Å². The summed E-state index contributed by atoms with van der Waals surface area (Å²) in [7, 11) is 0. The summed E-state index contributed by atoms with van der Waals surface area (Å²) in [4.78, 5) is 3.31. The van der Waals surface area contributed by atoms with E-state index in [-0.39, 0.29) is 11.4 Å². The molecule has 1 N–H and O–H groups in total. The van der Waals surface area contributed by atoms with E-state index >= 15 is 0 Å². The fourth-order valence-electron chi connectivity index (χ4n) is 3.25. The lowest BCUT2D eigenvalue weighted by atomic mass is 10.1. The third-order valence-electron chi connectivity index (χ3n) is 4.75. The molecule has 0 amide bonds. The number of fused-ring (bicyclic) bond motifs is 1. The Hall–Kier alpha value is -3.53. The summed E-state index contributed by atoms with van der Waals surface area (Å²) in [5.74, 6) is -1.53. The van der Waals surface area contributed by atoms with Crippen LogP contribution in [0.5, 0.6) is 0 Å². The minimum atomic E-state index is -0.625. The average Bonchev–Trinajstić information content (AvgIpc) is 3.04. The van der Waals surface area contributed by atoms with Crippen LogP contribution in [0.3, 0.4) is 0 Å². The predicted octanol–water partition coefficient (Wildman–Crippen LogP) is 7.23. The number of rotatable bonds is 4. The molecule has 4 rings (SSSR count). The molecule has 0 fully saturated rings. The zero-order valence-corrected chi connectivity index (χ0v) is 15.7.